The molecule has 0 radical (unpaired) electrons. The lowest BCUT2D eigenvalue weighted by Crippen LogP contribution is -2.31. The number of anilines is 1. The first-order valence-electron chi connectivity index (χ1n) is 8.58. The molecule has 2 N–H and O–H groups in total. The third kappa shape index (κ3) is 6.02. The number of ether oxygens (including phenoxy) is 1. The van der Waals surface area contributed by atoms with E-state index >= 15 is 0 Å². The molecule has 0 aliphatic carbocycles. The number of rotatable bonds is 7. The maximum absolute atomic E-state index is 12.2. The van der Waals surface area contributed by atoms with Crippen LogP contribution in [0.2, 0.25) is 0 Å². The van der Waals surface area contributed by atoms with Gasteiger partial charge in [0.25, 0.3) is 11.8 Å². The van der Waals surface area contributed by atoms with E-state index in [0.717, 1.165) is 0 Å². The third-order valence-corrected chi connectivity index (χ3v) is 4.56. The van der Waals surface area contributed by atoms with Gasteiger partial charge in [-0.2, -0.15) is 0 Å². The second-order valence-electron chi connectivity index (χ2n) is 6.28. The zero-order valence-electron chi connectivity index (χ0n) is 15.9. The Morgan fingerprint density at radius 3 is 2.29 bits per heavy atom. The van der Waals surface area contributed by atoms with E-state index in [1.165, 1.54) is 18.4 Å². The van der Waals surface area contributed by atoms with Crippen molar-refractivity contribution in [2.45, 2.75) is 24.8 Å². The molecule has 0 aromatic heterocycles. The van der Waals surface area contributed by atoms with E-state index in [9.17, 15) is 18.6 Å². The molecule has 8 heteroatoms. The molecule has 0 aliphatic rings. The van der Waals surface area contributed by atoms with Crippen molar-refractivity contribution in [3.05, 3.63) is 59.7 Å². The number of esters is 1. The van der Waals surface area contributed by atoms with Gasteiger partial charge in [-0.15, -0.1) is 0 Å². The van der Waals surface area contributed by atoms with E-state index in [2.05, 4.69) is 10.6 Å². The predicted molar refractivity (Wildman–Crippen MR) is 107 cm³/mol. The number of carbonyl (C=O) groups excluding carboxylic acids is 3. The molecule has 0 heterocycles. The monoisotopic (exact) mass is 402 g/mol. The first-order valence-corrected chi connectivity index (χ1v) is 10.1. The molecular weight excluding hydrogens is 380 g/mol. The van der Waals surface area contributed by atoms with Gasteiger partial charge < -0.3 is 15.4 Å². The van der Waals surface area contributed by atoms with Gasteiger partial charge in [-0.1, -0.05) is 12.1 Å². The highest BCUT2D eigenvalue weighted by Gasteiger charge is 2.15. The smallest absolute Gasteiger partial charge is 0.338 e. The molecule has 2 aromatic carbocycles. The van der Waals surface area contributed by atoms with Crippen LogP contribution in [0.1, 0.15) is 34.6 Å². The fourth-order valence-corrected chi connectivity index (χ4v) is 2.83. The Balaban J connectivity index is 1.96. The van der Waals surface area contributed by atoms with Gasteiger partial charge in [0, 0.05) is 28.0 Å². The van der Waals surface area contributed by atoms with Crippen LogP contribution in [-0.2, 0) is 20.3 Å². The van der Waals surface area contributed by atoms with Crippen molar-refractivity contribution in [3.8, 4) is 0 Å². The van der Waals surface area contributed by atoms with Crippen molar-refractivity contribution in [2.75, 3.05) is 18.2 Å². The van der Waals surface area contributed by atoms with Crippen molar-refractivity contribution in [3.63, 3.8) is 0 Å². The van der Waals surface area contributed by atoms with Crippen LogP contribution in [0.5, 0.6) is 0 Å². The lowest BCUT2D eigenvalue weighted by Gasteiger charge is -2.13. The zero-order valence-corrected chi connectivity index (χ0v) is 16.7. The normalized spacial score (nSPS) is 11.6. The average Bonchev–Trinajstić information content (AvgIpc) is 2.66. The van der Waals surface area contributed by atoms with Gasteiger partial charge in [0.15, 0.2) is 6.61 Å². The Morgan fingerprint density at radius 1 is 1.04 bits per heavy atom. The van der Waals surface area contributed by atoms with E-state index in [1.807, 2.05) is 13.8 Å². The second-order valence-corrected chi connectivity index (χ2v) is 7.66. The maximum atomic E-state index is 12.2. The fourth-order valence-electron chi connectivity index (χ4n) is 2.31. The van der Waals surface area contributed by atoms with E-state index in [1.54, 1.807) is 36.4 Å². The molecule has 2 aromatic rings. The highest BCUT2D eigenvalue weighted by Crippen LogP contribution is 2.15. The zero-order chi connectivity index (χ0) is 20.7. The fraction of sp³-hybridized carbons (Fsp3) is 0.250. The molecular formula is C20H22N2O5S. The van der Waals surface area contributed by atoms with Crippen molar-refractivity contribution in [1.29, 1.82) is 0 Å². The summed E-state index contributed by atoms with van der Waals surface area (Å²) in [5, 5.41) is 5.34. The number of hydrogen-bond donors (Lipinski definition) is 2. The predicted octanol–water partition coefficient (Wildman–Crippen LogP) is 2.36. The topological polar surface area (TPSA) is 102 Å². The van der Waals surface area contributed by atoms with Gasteiger partial charge in [-0.05, 0) is 50.2 Å². The first kappa shape index (κ1) is 21.3. The summed E-state index contributed by atoms with van der Waals surface area (Å²) in [7, 11) is -1.14. The van der Waals surface area contributed by atoms with Gasteiger partial charge in [0.1, 0.15) is 0 Å². The lowest BCUT2D eigenvalue weighted by molar-refractivity contribution is -0.119. The molecule has 7 nitrogen and oxygen atoms in total. The minimum absolute atomic E-state index is 0.0475. The van der Waals surface area contributed by atoms with Gasteiger partial charge in [0.2, 0.25) is 0 Å². The maximum Gasteiger partial charge on any atom is 0.338 e. The summed E-state index contributed by atoms with van der Waals surface area (Å²) in [4.78, 5) is 37.0. The molecule has 0 spiro atoms. The number of para-hydroxylation sites is 1. The Hall–Kier alpha value is -3.00. The summed E-state index contributed by atoms with van der Waals surface area (Å²) in [6.45, 7) is 3.17. The summed E-state index contributed by atoms with van der Waals surface area (Å²) in [6, 6.07) is 12.6. The third-order valence-electron chi connectivity index (χ3n) is 3.62. The SMILES string of the molecule is CC(C)NC(=O)c1ccccc1NC(=O)COC(=O)c1ccc([S@@](C)=O)cc1. The van der Waals surface area contributed by atoms with Crippen molar-refractivity contribution in [2.24, 2.45) is 0 Å². The minimum atomic E-state index is -1.14. The molecule has 0 aliphatic heterocycles. The molecule has 0 fully saturated rings. The number of carbonyl (C=O) groups is 3. The number of amides is 2. The highest BCUT2D eigenvalue weighted by molar-refractivity contribution is 7.84. The van der Waals surface area contributed by atoms with Crippen molar-refractivity contribution in [1.82, 2.24) is 5.32 Å². The summed E-state index contributed by atoms with van der Waals surface area (Å²) in [6.07, 6.45) is 1.54. The molecule has 0 saturated heterocycles. The molecule has 28 heavy (non-hydrogen) atoms. The van der Waals surface area contributed by atoms with E-state index in [0.29, 0.717) is 16.1 Å². The van der Waals surface area contributed by atoms with Crippen LogP contribution in [0.15, 0.2) is 53.4 Å². The molecule has 0 unspecified atom stereocenters. The van der Waals surface area contributed by atoms with Gasteiger partial charge in [0.05, 0.1) is 16.8 Å². The van der Waals surface area contributed by atoms with Crippen molar-refractivity contribution >= 4 is 34.3 Å². The van der Waals surface area contributed by atoms with Gasteiger partial charge in [-0.25, -0.2) is 4.79 Å². The molecule has 1 atom stereocenters. The van der Waals surface area contributed by atoms with Crippen LogP contribution in [0.3, 0.4) is 0 Å². The van der Waals surface area contributed by atoms with Gasteiger partial charge >= 0.3 is 5.97 Å². The number of hydrogen-bond acceptors (Lipinski definition) is 5. The van der Waals surface area contributed by atoms with E-state index in [4.69, 9.17) is 4.74 Å². The summed E-state index contributed by atoms with van der Waals surface area (Å²) in [5.41, 5.74) is 0.897. The minimum Gasteiger partial charge on any atom is -0.452 e. The van der Waals surface area contributed by atoms with E-state index < -0.39 is 29.3 Å². The lowest BCUT2D eigenvalue weighted by atomic mass is 10.1. The number of nitrogens with one attached hydrogen (secondary N) is 2. The summed E-state index contributed by atoms with van der Waals surface area (Å²) < 4.78 is 16.4. The average molecular weight is 402 g/mol. The standard InChI is InChI=1S/C20H22N2O5S/c1-13(2)21-19(24)16-6-4-5-7-17(16)22-18(23)12-27-20(25)14-8-10-15(11-9-14)28(3)26/h4-11,13H,12H2,1-3H3,(H,21,24)(H,22,23)/t28-/m1/s1. The largest absolute Gasteiger partial charge is 0.452 e. The Labute approximate surface area is 165 Å². The van der Waals surface area contributed by atoms with Crippen molar-refractivity contribution < 1.29 is 23.3 Å². The van der Waals surface area contributed by atoms with Crippen LogP contribution in [-0.4, -0.2) is 40.9 Å². The van der Waals surface area contributed by atoms with Gasteiger partial charge in [-0.3, -0.25) is 13.8 Å². The van der Waals surface area contributed by atoms with E-state index in [-0.39, 0.29) is 17.5 Å². The number of benzene rings is 2. The Morgan fingerprint density at radius 2 is 1.68 bits per heavy atom. The van der Waals surface area contributed by atoms with Crippen LogP contribution in [0, 0.1) is 0 Å². The Kier molecular flexibility index (Phi) is 7.45. The molecule has 2 rings (SSSR count). The molecule has 0 bridgehead atoms. The Bertz CT molecular complexity index is 894. The van der Waals surface area contributed by atoms with Crippen LogP contribution >= 0.6 is 0 Å². The first-order chi connectivity index (χ1) is 13.3. The summed E-state index contributed by atoms with van der Waals surface area (Å²) >= 11 is 0. The van der Waals surface area contributed by atoms with Crippen LogP contribution < -0.4 is 10.6 Å². The van der Waals surface area contributed by atoms with Crippen LogP contribution in [0.25, 0.3) is 0 Å². The molecule has 0 saturated carbocycles. The quantitative estimate of drug-likeness (QED) is 0.693. The highest BCUT2D eigenvalue weighted by atomic mass is 32.2. The second kappa shape index (κ2) is 9.80. The molecule has 148 valence electrons. The van der Waals surface area contributed by atoms with Crippen LogP contribution in [0.4, 0.5) is 5.69 Å². The molecule has 2 amide bonds. The summed E-state index contributed by atoms with van der Waals surface area (Å²) in [5.74, 6) is -1.55.